The van der Waals surface area contributed by atoms with E-state index in [1.54, 1.807) is 11.0 Å². The Labute approximate surface area is 152 Å². The maximum atomic E-state index is 12.9. The second-order valence-electron chi connectivity index (χ2n) is 6.15. The van der Waals surface area contributed by atoms with Crippen molar-refractivity contribution in [1.82, 2.24) is 0 Å². The molecule has 130 valence electrons. The van der Waals surface area contributed by atoms with Crippen LogP contribution in [0.5, 0.6) is 0 Å². The summed E-state index contributed by atoms with van der Waals surface area (Å²) in [7, 11) is 0. The molecule has 0 fully saturated rings. The Morgan fingerprint density at radius 2 is 2.04 bits per heavy atom. The van der Waals surface area contributed by atoms with Gasteiger partial charge in [-0.2, -0.15) is 0 Å². The van der Waals surface area contributed by atoms with Crippen LogP contribution in [-0.2, 0) is 9.59 Å². The van der Waals surface area contributed by atoms with E-state index in [1.807, 2.05) is 50.2 Å². The maximum Gasteiger partial charge on any atom is 0.246 e. The van der Waals surface area contributed by atoms with E-state index in [2.05, 4.69) is 10.6 Å². The number of benzene rings is 2. The third-order valence-electron chi connectivity index (χ3n) is 4.33. The van der Waals surface area contributed by atoms with Gasteiger partial charge in [-0.25, -0.2) is 0 Å². The van der Waals surface area contributed by atoms with Gasteiger partial charge in [0.15, 0.2) is 0 Å². The number of anilines is 3. The molecule has 1 aliphatic heterocycles. The fourth-order valence-corrected chi connectivity index (χ4v) is 3.20. The predicted molar refractivity (Wildman–Crippen MR) is 101 cm³/mol. The third kappa shape index (κ3) is 3.61. The molecular formula is C19H20ClN3O2. The average molecular weight is 358 g/mol. The maximum absolute atomic E-state index is 12.9. The summed E-state index contributed by atoms with van der Waals surface area (Å²) in [4.78, 5) is 26.6. The molecule has 2 N–H and O–H groups in total. The molecular weight excluding hydrogens is 338 g/mol. The molecule has 1 atom stereocenters. The number of nitrogens with one attached hydrogen (secondary N) is 2. The summed E-state index contributed by atoms with van der Waals surface area (Å²) in [6, 6.07) is 12.7. The van der Waals surface area contributed by atoms with Crippen molar-refractivity contribution >= 4 is 40.5 Å². The van der Waals surface area contributed by atoms with Crippen LogP contribution in [0.4, 0.5) is 17.1 Å². The summed E-state index contributed by atoms with van der Waals surface area (Å²) >= 11 is 6.12. The molecule has 2 amide bonds. The summed E-state index contributed by atoms with van der Waals surface area (Å²) in [6.45, 7) is 3.90. The van der Waals surface area contributed by atoms with Crippen LogP contribution in [0.3, 0.4) is 0 Å². The number of hydrogen-bond acceptors (Lipinski definition) is 3. The molecule has 1 aliphatic rings. The molecule has 0 saturated heterocycles. The Morgan fingerprint density at radius 1 is 1.28 bits per heavy atom. The van der Waals surface area contributed by atoms with Crippen LogP contribution < -0.4 is 15.5 Å². The lowest BCUT2D eigenvalue weighted by molar-refractivity contribution is -0.118. The topological polar surface area (TPSA) is 61.4 Å². The van der Waals surface area contributed by atoms with Gasteiger partial charge in [-0.1, -0.05) is 29.8 Å². The van der Waals surface area contributed by atoms with Gasteiger partial charge in [0.25, 0.3) is 0 Å². The summed E-state index contributed by atoms with van der Waals surface area (Å²) in [5, 5.41) is 6.66. The molecule has 0 unspecified atom stereocenters. The van der Waals surface area contributed by atoms with Gasteiger partial charge in [-0.3, -0.25) is 9.59 Å². The first-order valence-electron chi connectivity index (χ1n) is 8.17. The first kappa shape index (κ1) is 17.3. The van der Waals surface area contributed by atoms with Crippen molar-refractivity contribution in [3.8, 4) is 0 Å². The van der Waals surface area contributed by atoms with Crippen LogP contribution >= 0.6 is 11.6 Å². The zero-order valence-electron chi connectivity index (χ0n) is 14.2. The second kappa shape index (κ2) is 7.15. The minimum atomic E-state index is -0.224. The molecule has 1 heterocycles. The zero-order chi connectivity index (χ0) is 18.0. The molecule has 2 aromatic rings. The number of para-hydroxylation sites is 2. The zero-order valence-corrected chi connectivity index (χ0v) is 14.9. The van der Waals surface area contributed by atoms with Crippen molar-refractivity contribution in [2.75, 3.05) is 22.1 Å². The van der Waals surface area contributed by atoms with Crippen LogP contribution in [0.1, 0.15) is 18.9 Å². The van der Waals surface area contributed by atoms with Gasteiger partial charge in [0.1, 0.15) is 0 Å². The Hall–Kier alpha value is -2.53. The molecule has 3 rings (SSSR count). The Kier molecular flexibility index (Phi) is 4.95. The van der Waals surface area contributed by atoms with E-state index in [0.29, 0.717) is 10.7 Å². The molecule has 0 spiro atoms. The number of carbonyl (C=O) groups is 2. The smallest absolute Gasteiger partial charge is 0.246 e. The fraction of sp³-hybridized carbons (Fsp3) is 0.263. The van der Waals surface area contributed by atoms with Crippen LogP contribution in [0.2, 0.25) is 5.02 Å². The highest BCUT2D eigenvalue weighted by atomic mass is 35.5. The first-order chi connectivity index (χ1) is 12.0. The normalized spacial score (nSPS) is 16.7. The minimum Gasteiger partial charge on any atom is -0.376 e. The molecule has 6 heteroatoms. The molecule has 5 nitrogen and oxygen atoms in total. The molecule has 0 aromatic heterocycles. The Morgan fingerprint density at radius 3 is 2.84 bits per heavy atom. The van der Waals surface area contributed by atoms with Crippen LogP contribution in [-0.4, -0.2) is 24.4 Å². The number of halogens is 1. The van der Waals surface area contributed by atoms with Crippen molar-refractivity contribution < 1.29 is 9.59 Å². The number of nitrogens with zero attached hydrogens (tertiary/aromatic N) is 1. The Bertz CT molecular complexity index is 822. The van der Waals surface area contributed by atoms with E-state index in [9.17, 15) is 9.59 Å². The van der Waals surface area contributed by atoms with Gasteiger partial charge in [0, 0.05) is 23.2 Å². The quantitative estimate of drug-likeness (QED) is 0.877. The number of rotatable bonds is 3. The summed E-state index contributed by atoms with van der Waals surface area (Å²) in [6.07, 6.45) is 0.261. The van der Waals surface area contributed by atoms with Crippen molar-refractivity contribution in [3.05, 3.63) is 53.1 Å². The highest BCUT2D eigenvalue weighted by molar-refractivity contribution is 6.31. The van der Waals surface area contributed by atoms with E-state index in [1.165, 1.54) is 0 Å². The second-order valence-corrected chi connectivity index (χ2v) is 6.56. The summed E-state index contributed by atoms with van der Waals surface area (Å²) in [5.74, 6) is -0.190. The Balaban J connectivity index is 1.83. The predicted octanol–water partition coefficient (Wildman–Crippen LogP) is 3.82. The summed E-state index contributed by atoms with van der Waals surface area (Å²) < 4.78 is 0. The fourth-order valence-electron chi connectivity index (χ4n) is 3.02. The van der Waals surface area contributed by atoms with Gasteiger partial charge < -0.3 is 15.5 Å². The lowest BCUT2D eigenvalue weighted by Crippen LogP contribution is -2.42. The van der Waals surface area contributed by atoms with E-state index in [-0.39, 0.29) is 30.8 Å². The van der Waals surface area contributed by atoms with Gasteiger partial charge in [-0.15, -0.1) is 0 Å². The van der Waals surface area contributed by atoms with Gasteiger partial charge in [0.05, 0.1) is 17.9 Å². The van der Waals surface area contributed by atoms with Crippen molar-refractivity contribution in [1.29, 1.82) is 0 Å². The van der Waals surface area contributed by atoms with Crippen LogP contribution in [0, 0.1) is 6.92 Å². The minimum absolute atomic E-state index is 0.0890. The lowest BCUT2D eigenvalue weighted by Gasteiger charge is -2.28. The van der Waals surface area contributed by atoms with E-state index >= 15 is 0 Å². The van der Waals surface area contributed by atoms with Gasteiger partial charge >= 0.3 is 0 Å². The first-order valence-corrected chi connectivity index (χ1v) is 8.55. The highest BCUT2D eigenvalue weighted by Crippen LogP contribution is 2.31. The van der Waals surface area contributed by atoms with Gasteiger partial charge in [0.2, 0.25) is 11.8 Å². The standard InChI is InChI=1S/C19H20ClN3O2/c1-12-10-18(24)22-16-7-3-4-9-17(16)23(12)19(25)11-21-15-8-5-6-14(20)13(15)2/h3-9,12,21H,10-11H2,1-2H3,(H,22,24)/t12-/m0/s1. The number of fused-ring (bicyclic) bond motifs is 1. The van der Waals surface area contributed by atoms with Crippen molar-refractivity contribution in [2.45, 2.75) is 26.3 Å². The van der Waals surface area contributed by atoms with Crippen LogP contribution in [0.25, 0.3) is 0 Å². The molecule has 0 bridgehead atoms. The van der Waals surface area contributed by atoms with E-state index < -0.39 is 0 Å². The van der Waals surface area contributed by atoms with E-state index in [0.717, 1.165) is 16.9 Å². The molecule has 0 radical (unpaired) electrons. The number of hydrogen-bond donors (Lipinski definition) is 2. The van der Waals surface area contributed by atoms with Crippen LogP contribution in [0.15, 0.2) is 42.5 Å². The third-order valence-corrected chi connectivity index (χ3v) is 4.74. The van der Waals surface area contributed by atoms with Crippen molar-refractivity contribution in [2.24, 2.45) is 0 Å². The summed E-state index contributed by atoms with van der Waals surface area (Å²) in [5.41, 5.74) is 3.10. The molecule has 0 saturated carbocycles. The number of carbonyl (C=O) groups excluding carboxylic acids is 2. The molecule has 0 aliphatic carbocycles. The van der Waals surface area contributed by atoms with Gasteiger partial charge in [-0.05, 0) is 43.7 Å². The monoisotopic (exact) mass is 357 g/mol. The van der Waals surface area contributed by atoms with E-state index in [4.69, 9.17) is 11.6 Å². The molecule has 2 aromatic carbocycles. The molecule has 25 heavy (non-hydrogen) atoms. The average Bonchev–Trinajstić information content (AvgIpc) is 2.70. The lowest BCUT2D eigenvalue weighted by atomic mass is 10.1. The van der Waals surface area contributed by atoms with Crippen molar-refractivity contribution in [3.63, 3.8) is 0 Å². The number of amides is 2. The largest absolute Gasteiger partial charge is 0.376 e. The highest BCUT2D eigenvalue weighted by Gasteiger charge is 2.29. The SMILES string of the molecule is Cc1c(Cl)cccc1NCC(=O)N1c2ccccc2NC(=O)C[C@@H]1C.